The van der Waals surface area contributed by atoms with Crippen molar-refractivity contribution in [1.82, 2.24) is 5.32 Å². The summed E-state index contributed by atoms with van der Waals surface area (Å²) < 4.78 is 5.08. The van der Waals surface area contributed by atoms with Crippen LogP contribution < -0.4 is 21.1 Å². The molecule has 0 bridgehead atoms. The second-order valence-electron chi connectivity index (χ2n) is 2.87. The number of nitrogens with one attached hydrogen (secondary N) is 2. The summed E-state index contributed by atoms with van der Waals surface area (Å²) in [6, 6.07) is 6.91. The molecule has 1 rings (SSSR count). The van der Waals surface area contributed by atoms with E-state index in [0.29, 0.717) is 24.5 Å². The Balaban J connectivity index is 2.59. The van der Waals surface area contributed by atoms with Crippen LogP contribution in [0.5, 0.6) is 5.75 Å². The van der Waals surface area contributed by atoms with Crippen molar-refractivity contribution in [3.8, 4) is 5.75 Å². The third kappa shape index (κ3) is 3.47. The van der Waals surface area contributed by atoms with Crippen LogP contribution in [0.25, 0.3) is 0 Å². The summed E-state index contributed by atoms with van der Waals surface area (Å²) in [7, 11) is 1.55. The van der Waals surface area contributed by atoms with E-state index in [1.54, 1.807) is 19.2 Å². The summed E-state index contributed by atoms with van der Waals surface area (Å²) in [4.78, 5) is 11.3. The van der Waals surface area contributed by atoms with Crippen molar-refractivity contribution in [3.63, 3.8) is 0 Å². The number of anilines is 1. The Morgan fingerprint density at radius 2 is 2.20 bits per heavy atom. The van der Waals surface area contributed by atoms with Crippen LogP contribution >= 0.6 is 0 Å². The average molecular weight is 209 g/mol. The van der Waals surface area contributed by atoms with Gasteiger partial charge in [0.15, 0.2) is 0 Å². The molecule has 2 amide bonds. The fourth-order valence-corrected chi connectivity index (χ4v) is 1.10. The number of hydrogen-bond donors (Lipinski definition) is 3. The van der Waals surface area contributed by atoms with Gasteiger partial charge in [0, 0.05) is 13.1 Å². The van der Waals surface area contributed by atoms with Crippen molar-refractivity contribution in [2.45, 2.75) is 0 Å². The highest BCUT2D eigenvalue weighted by Crippen LogP contribution is 2.22. The fourth-order valence-electron chi connectivity index (χ4n) is 1.10. The highest BCUT2D eigenvalue weighted by molar-refractivity contribution is 5.90. The van der Waals surface area contributed by atoms with Crippen LogP contribution in [0.2, 0.25) is 0 Å². The second-order valence-corrected chi connectivity index (χ2v) is 2.87. The molecule has 82 valence electrons. The molecule has 0 aliphatic heterocycles. The quantitative estimate of drug-likeness (QED) is 0.685. The summed E-state index contributed by atoms with van der Waals surface area (Å²) in [6.07, 6.45) is 0. The van der Waals surface area contributed by atoms with Gasteiger partial charge >= 0.3 is 6.03 Å². The van der Waals surface area contributed by atoms with Crippen molar-refractivity contribution < 1.29 is 9.53 Å². The normalized spacial score (nSPS) is 9.47. The first-order valence-corrected chi connectivity index (χ1v) is 4.66. The molecular formula is C10H15N3O2. The standard InChI is InChI=1S/C10H15N3O2/c1-15-9-5-3-2-4-8(9)13-10(14)12-7-6-11/h2-5H,6-7,11H2,1H3,(H2,12,13,14). The molecule has 5 nitrogen and oxygen atoms in total. The number of carbonyl (C=O) groups excluding carboxylic acids is 1. The highest BCUT2D eigenvalue weighted by Gasteiger charge is 2.04. The van der Waals surface area contributed by atoms with Gasteiger partial charge in [-0.3, -0.25) is 0 Å². The van der Waals surface area contributed by atoms with Crippen LogP contribution in [0.3, 0.4) is 0 Å². The van der Waals surface area contributed by atoms with Gasteiger partial charge in [0.25, 0.3) is 0 Å². The Morgan fingerprint density at radius 1 is 1.47 bits per heavy atom. The van der Waals surface area contributed by atoms with E-state index in [4.69, 9.17) is 10.5 Å². The second kappa shape index (κ2) is 5.87. The number of methoxy groups -OCH3 is 1. The molecule has 15 heavy (non-hydrogen) atoms. The molecule has 5 heteroatoms. The molecule has 0 unspecified atom stereocenters. The van der Waals surface area contributed by atoms with Crippen molar-refractivity contribution in [2.24, 2.45) is 5.73 Å². The number of para-hydroxylation sites is 2. The van der Waals surface area contributed by atoms with Crippen LogP contribution in [0.15, 0.2) is 24.3 Å². The first-order valence-electron chi connectivity index (χ1n) is 4.66. The van der Waals surface area contributed by atoms with Gasteiger partial charge in [0.05, 0.1) is 12.8 Å². The Morgan fingerprint density at radius 3 is 2.87 bits per heavy atom. The van der Waals surface area contributed by atoms with Crippen LogP contribution in [0.4, 0.5) is 10.5 Å². The minimum absolute atomic E-state index is 0.287. The van der Waals surface area contributed by atoms with Crippen LogP contribution in [-0.4, -0.2) is 26.2 Å². The number of ether oxygens (including phenoxy) is 1. The maximum atomic E-state index is 11.3. The lowest BCUT2D eigenvalue weighted by Gasteiger charge is -2.10. The zero-order chi connectivity index (χ0) is 11.1. The van der Waals surface area contributed by atoms with Crippen molar-refractivity contribution in [3.05, 3.63) is 24.3 Å². The van der Waals surface area contributed by atoms with Crippen molar-refractivity contribution in [1.29, 1.82) is 0 Å². The lowest BCUT2D eigenvalue weighted by atomic mass is 10.3. The summed E-state index contributed by atoms with van der Waals surface area (Å²) >= 11 is 0. The van der Waals surface area contributed by atoms with Crippen molar-refractivity contribution >= 4 is 11.7 Å². The molecule has 0 aliphatic carbocycles. The molecule has 0 spiro atoms. The van der Waals surface area contributed by atoms with Gasteiger partial charge in [-0.15, -0.1) is 0 Å². The van der Waals surface area contributed by atoms with E-state index < -0.39 is 0 Å². The third-order valence-corrected chi connectivity index (χ3v) is 1.79. The first-order chi connectivity index (χ1) is 7.27. The smallest absolute Gasteiger partial charge is 0.319 e. The molecule has 0 saturated heterocycles. The topological polar surface area (TPSA) is 76.4 Å². The monoisotopic (exact) mass is 209 g/mol. The number of hydrogen-bond acceptors (Lipinski definition) is 3. The van der Waals surface area contributed by atoms with Gasteiger partial charge in [-0.05, 0) is 12.1 Å². The van der Waals surface area contributed by atoms with E-state index in [1.807, 2.05) is 12.1 Å². The van der Waals surface area contributed by atoms with E-state index in [0.717, 1.165) is 0 Å². The SMILES string of the molecule is COc1ccccc1NC(=O)NCCN. The number of carbonyl (C=O) groups is 1. The Kier molecular flexibility index (Phi) is 4.43. The maximum absolute atomic E-state index is 11.3. The molecule has 4 N–H and O–H groups in total. The summed E-state index contributed by atoms with van der Waals surface area (Å²) in [6.45, 7) is 0.861. The van der Waals surface area contributed by atoms with Gasteiger partial charge in [-0.25, -0.2) is 4.79 Å². The minimum atomic E-state index is -0.287. The summed E-state index contributed by atoms with van der Waals surface area (Å²) in [5, 5.41) is 5.27. The van der Waals surface area contributed by atoms with Gasteiger partial charge in [0.2, 0.25) is 0 Å². The van der Waals surface area contributed by atoms with Gasteiger partial charge < -0.3 is 21.1 Å². The van der Waals surface area contributed by atoms with Crippen molar-refractivity contribution in [2.75, 3.05) is 25.5 Å². The highest BCUT2D eigenvalue weighted by atomic mass is 16.5. The molecule has 0 aromatic heterocycles. The lowest BCUT2D eigenvalue weighted by molar-refractivity contribution is 0.252. The van der Waals surface area contributed by atoms with Crippen LogP contribution in [0.1, 0.15) is 0 Å². The third-order valence-electron chi connectivity index (χ3n) is 1.79. The van der Waals surface area contributed by atoms with E-state index in [-0.39, 0.29) is 6.03 Å². The van der Waals surface area contributed by atoms with Gasteiger partial charge in [-0.1, -0.05) is 12.1 Å². The Hall–Kier alpha value is -1.75. The maximum Gasteiger partial charge on any atom is 0.319 e. The van der Waals surface area contributed by atoms with E-state index in [2.05, 4.69) is 10.6 Å². The number of rotatable bonds is 4. The predicted octanol–water partition coefficient (Wildman–Crippen LogP) is 0.775. The number of benzene rings is 1. The molecule has 1 aromatic carbocycles. The van der Waals surface area contributed by atoms with Crippen LogP contribution in [-0.2, 0) is 0 Å². The molecule has 0 saturated carbocycles. The molecule has 1 aromatic rings. The summed E-state index contributed by atoms with van der Waals surface area (Å²) in [5.41, 5.74) is 5.89. The predicted molar refractivity (Wildman–Crippen MR) is 59.1 cm³/mol. The lowest BCUT2D eigenvalue weighted by Crippen LogP contribution is -2.32. The molecule has 0 fully saturated rings. The minimum Gasteiger partial charge on any atom is -0.495 e. The first kappa shape index (κ1) is 11.3. The largest absolute Gasteiger partial charge is 0.495 e. The molecule has 0 radical (unpaired) electrons. The Labute approximate surface area is 88.6 Å². The molecule has 0 aliphatic rings. The molecular weight excluding hydrogens is 194 g/mol. The zero-order valence-corrected chi connectivity index (χ0v) is 8.62. The molecule has 0 heterocycles. The van der Waals surface area contributed by atoms with Gasteiger partial charge in [-0.2, -0.15) is 0 Å². The fraction of sp³-hybridized carbons (Fsp3) is 0.300. The van der Waals surface area contributed by atoms with Gasteiger partial charge in [0.1, 0.15) is 5.75 Å². The van der Waals surface area contributed by atoms with E-state index in [1.165, 1.54) is 0 Å². The number of nitrogens with two attached hydrogens (primary N) is 1. The van der Waals surface area contributed by atoms with Crippen LogP contribution in [0, 0.1) is 0 Å². The number of urea groups is 1. The van der Waals surface area contributed by atoms with E-state index >= 15 is 0 Å². The molecule has 0 atom stereocenters. The Bertz CT molecular complexity index is 328. The average Bonchev–Trinajstić information content (AvgIpc) is 2.27. The zero-order valence-electron chi connectivity index (χ0n) is 8.62. The summed E-state index contributed by atoms with van der Waals surface area (Å²) in [5.74, 6) is 0.625. The van der Waals surface area contributed by atoms with E-state index in [9.17, 15) is 4.79 Å². The number of amides is 2.